The maximum Gasteiger partial charge on any atom is 0.271 e. The van der Waals surface area contributed by atoms with Crippen molar-refractivity contribution >= 4 is 11.4 Å². The predicted octanol–water partition coefficient (Wildman–Crippen LogP) is 4.47. The molecular weight excluding hydrogens is 470 g/mol. The summed E-state index contributed by atoms with van der Waals surface area (Å²) < 4.78 is 38.3. The molecule has 2 atom stereocenters. The van der Waals surface area contributed by atoms with Gasteiger partial charge in [-0.15, -0.1) is 0 Å². The minimum absolute atomic E-state index is 0.168. The topological polar surface area (TPSA) is 96.9 Å². The highest BCUT2D eigenvalue weighted by Crippen LogP contribution is 2.36. The van der Waals surface area contributed by atoms with Gasteiger partial charge in [0.15, 0.2) is 17.4 Å². The fraction of sp³-hybridized carbons (Fsp3) is 0.185. The maximum absolute atomic E-state index is 13.9. The van der Waals surface area contributed by atoms with E-state index in [4.69, 9.17) is 9.47 Å². The van der Waals surface area contributed by atoms with Crippen LogP contribution >= 0.6 is 0 Å². The molecule has 3 N–H and O–H groups in total. The molecule has 0 heterocycles. The molecule has 0 spiro atoms. The Morgan fingerprint density at radius 3 is 2.31 bits per heavy atom. The van der Waals surface area contributed by atoms with Crippen molar-refractivity contribution in [1.29, 1.82) is 0 Å². The fourth-order valence-electron chi connectivity index (χ4n) is 3.99. The quantitative estimate of drug-likeness (QED) is 0.296. The van der Waals surface area contributed by atoms with E-state index in [9.17, 15) is 23.5 Å². The second-order valence-corrected chi connectivity index (χ2v) is 8.24. The van der Waals surface area contributed by atoms with Gasteiger partial charge in [0.25, 0.3) is 10.9 Å². The number of aromatic hydroxyl groups is 1. The van der Waals surface area contributed by atoms with Gasteiger partial charge in [0.2, 0.25) is 0 Å². The van der Waals surface area contributed by atoms with Gasteiger partial charge in [0.1, 0.15) is 17.2 Å². The first-order valence-corrected chi connectivity index (χ1v) is 11.1. The molecule has 186 valence electrons. The average molecular weight is 494 g/mol. The Balaban J connectivity index is 1.75. The van der Waals surface area contributed by atoms with Crippen molar-refractivity contribution in [3.63, 3.8) is 0 Å². The van der Waals surface area contributed by atoms with E-state index in [0.717, 1.165) is 23.3 Å². The van der Waals surface area contributed by atoms with Crippen LogP contribution in [-0.4, -0.2) is 19.3 Å². The normalized spacial score (nSPS) is 12.8. The number of hydrogen-bond acceptors (Lipinski definition) is 7. The summed E-state index contributed by atoms with van der Waals surface area (Å²) >= 11 is 0. The van der Waals surface area contributed by atoms with Crippen molar-refractivity contribution in [2.24, 2.45) is 0 Å². The number of methoxy groups -OCH3 is 2. The lowest BCUT2D eigenvalue weighted by Crippen LogP contribution is -2.32. The van der Waals surface area contributed by atoms with E-state index < -0.39 is 40.3 Å². The summed E-state index contributed by atoms with van der Waals surface area (Å²) in [6.45, 7) is 1.82. The number of halogens is 2. The van der Waals surface area contributed by atoms with E-state index in [1.165, 1.54) is 13.2 Å². The van der Waals surface area contributed by atoms with Crippen LogP contribution in [0.2, 0.25) is 0 Å². The molecule has 2 unspecified atom stereocenters. The number of ether oxygens (including phenoxy) is 2. The summed E-state index contributed by atoms with van der Waals surface area (Å²) in [7, 11) is 3.07. The molecule has 0 saturated heterocycles. The smallest absolute Gasteiger partial charge is 0.271 e. The van der Waals surface area contributed by atoms with E-state index in [2.05, 4.69) is 10.6 Å². The van der Waals surface area contributed by atoms with Crippen LogP contribution in [0.25, 0.3) is 0 Å². The summed E-state index contributed by atoms with van der Waals surface area (Å²) in [4.78, 5) is 23.2. The van der Waals surface area contributed by atoms with Crippen LogP contribution in [0, 0.1) is 11.6 Å². The van der Waals surface area contributed by atoms with Crippen LogP contribution in [0.5, 0.6) is 17.2 Å². The Kier molecular flexibility index (Phi) is 7.03. The molecule has 4 aromatic carbocycles. The van der Waals surface area contributed by atoms with Crippen molar-refractivity contribution in [2.45, 2.75) is 19.0 Å². The third-order valence-electron chi connectivity index (χ3n) is 5.99. The largest absolute Gasteiger partial charge is 0.502 e. The first-order valence-electron chi connectivity index (χ1n) is 11.1. The molecular formula is C27H24F2N2O5. The predicted molar refractivity (Wildman–Crippen MR) is 132 cm³/mol. The number of rotatable bonds is 9. The monoisotopic (exact) mass is 494 g/mol. The van der Waals surface area contributed by atoms with Crippen LogP contribution in [0.15, 0.2) is 70.3 Å². The Labute approximate surface area is 205 Å². The average Bonchev–Trinajstić information content (AvgIpc) is 2.90. The Bertz CT molecular complexity index is 1480. The molecule has 0 amide bonds. The minimum Gasteiger partial charge on any atom is -0.502 e. The first-order chi connectivity index (χ1) is 17.2. The summed E-state index contributed by atoms with van der Waals surface area (Å²) in [5.41, 5.74) is 0.577. The van der Waals surface area contributed by atoms with E-state index in [1.54, 1.807) is 37.4 Å². The van der Waals surface area contributed by atoms with Crippen LogP contribution in [0.1, 0.15) is 35.7 Å². The maximum atomic E-state index is 13.9. The highest BCUT2D eigenvalue weighted by molar-refractivity contribution is 5.69. The number of anilines is 2. The van der Waals surface area contributed by atoms with Gasteiger partial charge in [0.05, 0.1) is 20.3 Å². The molecule has 0 aliphatic rings. The Morgan fingerprint density at radius 2 is 1.64 bits per heavy atom. The zero-order valence-corrected chi connectivity index (χ0v) is 19.8. The van der Waals surface area contributed by atoms with Gasteiger partial charge in [0, 0.05) is 23.4 Å². The van der Waals surface area contributed by atoms with Crippen LogP contribution < -0.4 is 31.0 Å². The van der Waals surface area contributed by atoms with Gasteiger partial charge in [-0.25, -0.2) is 8.78 Å². The van der Waals surface area contributed by atoms with E-state index in [-0.39, 0.29) is 5.69 Å². The van der Waals surface area contributed by atoms with E-state index >= 15 is 0 Å². The first kappa shape index (κ1) is 24.9. The molecule has 36 heavy (non-hydrogen) atoms. The van der Waals surface area contributed by atoms with Crippen molar-refractivity contribution in [2.75, 3.05) is 19.5 Å². The molecule has 0 radical (unpaired) electrons. The van der Waals surface area contributed by atoms with Gasteiger partial charge in [-0.3, -0.25) is 14.9 Å². The van der Waals surface area contributed by atoms with Crippen LogP contribution in [0.3, 0.4) is 0 Å². The number of nitrogens with one attached hydrogen (secondary N) is 2. The third kappa shape index (κ3) is 4.78. The fourth-order valence-corrected chi connectivity index (χ4v) is 3.99. The number of hydrogen-bond donors (Lipinski definition) is 3. The second kappa shape index (κ2) is 10.2. The van der Waals surface area contributed by atoms with Crippen molar-refractivity contribution in [3.05, 3.63) is 109 Å². The Morgan fingerprint density at radius 1 is 0.861 bits per heavy atom. The van der Waals surface area contributed by atoms with Crippen molar-refractivity contribution in [3.8, 4) is 17.2 Å². The van der Waals surface area contributed by atoms with Gasteiger partial charge < -0.3 is 19.9 Å². The molecule has 0 aliphatic heterocycles. The molecule has 9 heteroatoms. The molecule has 0 bridgehead atoms. The summed E-state index contributed by atoms with van der Waals surface area (Å²) in [5.74, 6) is -1.36. The molecule has 7 nitrogen and oxygen atoms in total. The molecule has 4 aromatic rings. The van der Waals surface area contributed by atoms with Gasteiger partial charge in [-0.05, 0) is 54.4 Å². The molecule has 0 saturated carbocycles. The zero-order valence-electron chi connectivity index (χ0n) is 19.8. The lowest BCUT2D eigenvalue weighted by Gasteiger charge is -2.27. The van der Waals surface area contributed by atoms with E-state index in [0.29, 0.717) is 22.7 Å². The van der Waals surface area contributed by atoms with Gasteiger partial charge >= 0.3 is 0 Å². The molecule has 0 fully saturated rings. The minimum atomic E-state index is -0.946. The van der Waals surface area contributed by atoms with Crippen molar-refractivity contribution in [1.82, 2.24) is 5.32 Å². The van der Waals surface area contributed by atoms with Crippen molar-refractivity contribution < 1.29 is 23.4 Å². The number of benzene rings is 3. The lowest BCUT2D eigenvalue weighted by molar-refractivity contribution is 0.385. The lowest BCUT2D eigenvalue weighted by atomic mass is 9.95. The van der Waals surface area contributed by atoms with Gasteiger partial charge in [-0.2, -0.15) is 0 Å². The SMILES string of the molecule is COc1ccc(C(NC(C)c2ccc(F)c(F)c2)c2cccc(Nc3c(O)c(=O)c3=O)c2)c(OC)c1. The van der Waals surface area contributed by atoms with Gasteiger partial charge in [-0.1, -0.05) is 18.2 Å². The highest BCUT2D eigenvalue weighted by Gasteiger charge is 2.24. The summed E-state index contributed by atoms with van der Waals surface area (Å²) in [6.07, 6.45) is 0. The molecule has 0 aromatic heterocycles. The van der Waals surface area contributed by atoms with Crippen LogP contribution in [0.4, 0.5) is 20.2 Å². The Hall–Kier alpha value is -4.24. The standard InChI is InChI=1S/C27H24F2N2O5/c1-14(15-7-10-20(28)21(29)12-15)30-23(19-9-8-18(35-2)13-22(19)36-3)16-5-4-6-17(11-16)31-24-25(32)27(34)26(24)33/h4-14,23,30-32H,1-3H3. The summed E-state index contributed by atoms with van der Waals surface area (Å²) in [5, 5.41) is 15.9. The van der Waals surface area contributed by atoms with Crippen LogP contribution in [-0.2, 0) is 0 Å². The molecule has 4 rings (SSSR count). The van der Waals surface area contributed by atoms with E-state index in [1.807, 2.05) is 19.1 Å². The highest BCUT2D eigenvalue weighted by atomic mass is 19.2. The summed E-state index contributed by atoms with van der Waals surface area (Å²) in [6, 6.07) is 15.2. The third-order valence-corrected chi connectivity index (χ3v) is 5.99. The zero-order chi connectivity index (χ0) is 26.0. The second-order valence-electron chi connectivity index (χ2n) is 8.24. The molecule has 0 aliphatic carbocycles.